The molecule has 0 unspecified atom stereocenters. The van der Waals surface area contributed by atoms with E-state index in [1.54, 1.807) is 6.92 Å². The highest BCUT2D eigenvalue weighted by Gasteiger charge is 2.31. The number of nitrogens with one attached hydrogen (secondary N) is 1. The van der Waals surface area contributed by atoms with Crippen LogP contribution in [-0.4, -0.2) is 31.5 Å². The molecule has 10 heteroatoms. The normalized spacial score (nSPS) is 15.3. The van der Waals surface area contributed by atoms with Crippen molar-refractivity contribution in [2.45, 2.75) is 37.4 Å². The van der Waals surface area contributed by atoms with E-state index < -0.39 is 26.7 Å². The third kappa shape index (κ3) is 4.75. The summed E-state index contributed by atoms with van der Waals surface area (Å²) in [5, 5.41) is 0. The molecule has 27 heavy (non-hydrogen) atoms. The Morgan fingerprint density at radius 1 is 1.15 bits per heavy atom. The number of rotatable bonds is 5. The van der Waals surface area contributed by atoms with Crippen molar-refractivity contribution in [2.75, 3.05) is 18.0 Å². The predicted octanol–water partition coefficient (Wildman–Crippen LogP) is 2.88. The Hall–Kier alpha value is -2.20. The van der Waals surface area contributed by atoms with Crippen LogP contribution >= 0.6 is 0 Å². The van der Waals surface area contributed by atoms with Crippen molar-refractivity contribution in [1.82, 2.24) is 14.7 Å². The van der Waals surface area contributed by atoms with Crippen molar-refractivity contribution in [3.8, 4) is 0 Å². The highest BCUT2D eigenvalue weighted by atomic mass is 32.2. The third-order valence-electron chi connectivity index (χ3n) is 4.21. The van der Waals surface area contributed by atoms with E-state index in [0.717, 1.165) is 49.9 Å². The summed E-state index contributed by atoms with van der Waals surface area (Å²) in [7, 11) is -4.13. The van der Waals surface area contributed by atoms with E-state index in [9.17, 15) is 21.6 Å². The van der Waals surface area contributed by atoms with Gasteiger partial charge in [0.05, 0.1) is 17.0 Å². The minimum absolute atomic E-state index is 0.207. The Balaban J connectivity index is 1.78. The lowest BCUT2D eigenvalue weighted by Crippen LogP contribution is -2.26. The fourth-order valence-corrected chi connectivity index (χ4v) is 3.91. The molecule has 0 aliphatic carbocycles. The van der Waals surface area contributed by atoms with Gasteiger partial charge in [-0.05, 0) is 38.0 Å². The molecule has 0 radical (unpaired) electrons. The lowest BCUT2D eigenvalue weighted by molar-refractivity contribution is -0.137. The van der Waals surface area contributed by atoms with E-state index in [2.05, 4.69) is 19.6 Å². The first-order valence-electron chi connectivity index (χ1n) is 8.41. The zero-order valence-corrected chi connectivity index (χ0v) is 15.4. The minimum Gasteiger partial charge on any atom is -0.357 e. The summed E-state index contributed by atoms with van der Waals surface area (Å²) in [6.45, 7) is 3.34. The largest absolute Gasteiger partial charge is 0.416 e. The number of hydrogen-bond donors (Lipinski definition) is 1. The number of anilines is 1. The highest BCUT2D eigenvalue weighted by Crippen LogP contribution is 2.30. The van der Waals surface area contributed by atoms with Crippen LogP contribution in [0.4, 0.5) is 19.0 Å². The molecular weight excluding hydrogens is 381 g/mol. The standard InChI is InChI=1S/C17H19F3N4O2S/c1-12-9-16(24-7-2-3-8-24)23-15(22-12)11-21-27(25,26)14-6-4-5-13(10-14)17(18,19)20/h4-6,9-10,21H,2-3,7-8,11H2,1H3. The van der Waals surface area contributed by atoms with Gasteiger partial charge in [0.25, 0.3) is 0 Å². The Kier molecular flexibility index (Phi) is 5.38. The summed E-state index contributed by atoms with van der Waals surface area (Å²) in [5.74, 6) is 1.00. The average molecular weight is 400 g/mol. The number of alkyl halides is 3. The molecule has 1 saturated heterocycles. The zero-order chi connectivity index (χ0) is 19.7. The van der Waals surface area contributed by atoms with Crippen molar-refractivity contribution >= 4 is 15.8 Å². The number of benzene rings is 1. The number of sulfonamides is 1. The molecule has 1 aliphatic rings. The van der Waals surface area contributed by atoms with E-state index in [1.807, 2.05) is 6.07 Å². The van der Waals surface area contributed by atoms with Crippen LogP contribution < -0.4 is 9.62 Å². The molecule has 1 aromatic carbocycles. The second-order valence-electron chi connectivity index (χ2n) is 6.33. The van der Waals surface area contributed by atoms with Gasteiger partial charge < -0.3 is 4.90 Å². The van der Waals surface area contributed by atoms with Crippen molar-refractivity contribution in [3.05, 3.63) is 47.4 Å². The first-order chi connectivity index (χ1) is 12.6. The van der Waals surface area contributed by atoms with Gasteiger partial charge in [-0.1, -0.05) is 6.07 Å². The molecule has 0 atom stereocenters. The Morgan fingerprint density at radius 3 is 2.52 bits per heavy atom. The fourth-order valence-electron chi connectivity index (χ4n) is 2.88. The Morgan fingerprint density at radius 2 is 1.85 bits per heavy atom. The minimum atomic E-state index is -4.62. The summed E-state index contributed by atoms with van der Waals surface area (Å²) in [4.78, 5) is 10.2. The van der Waals surface area contributed by atoms with Crippen LogP contribution in [0.3, 0.4) is 0 Å². The molecule has 2 aromatic rings. The van der Waals surface area contributed by atoms with Gasteiger partial charge in [-0.3, -0.25) is 0 Å². The topological polar surface area (TPSA) is 75.2 Å². The van der Waals surface area contributed by atoms with Gasteiger partial charge in [0.15, 0.2) is 0 Å². The Labute approximate surface area is 155 Å². The molecule has 0 bridgehead atoms. The molecule has 2 heterocycles. The van der Waals surface area contributed by atoms with Gasteiger partial charge in [-0.25, -0.2) is 23.1 Å². The van der Waals surface area contributed by atoms with Gasteiger partial charge >= 0.3 is 6.18 Å². The molecule has 1 aliphatic heterocycles. The van der Waals surface area contributed by atoms with Crippen LogP contribution in [0.5, 0.6) is 0 Å². The zero-order valence-electron chi connectivity index (χ0n) is 14.6. The first-order valence-corrected chi connectivity index (χ1v) is 9.90. The fraction of sp³-hybridized carbons (Fsp3) is 0.412. The van der Waals surface area contributed by atoms with Gasteiger partial charge in [0, 0.05) is 24.8 Å². The van der Waals surface area contributed by atoms with Crippen molar-refractivity contribution < 1.29 is 21.6 Å². The van der Waals surface area contributed by atoms with Gasteiger partial charge in [0.2, 0.25) is 10.0 Å². The maximum absolute atomic E-state index is 12.8. The SMILES string of the molecule is Cc1cc(N2CCCC2)nc(CNS(=O)(=O)c2cccc(C(F)(F)F)c2)n1. The van der Waals surface area contributed by atoms with E-state index >= 15 is 0 Å². The lowest BCUT2D eigenvalue weighted by atomic mass is 10.2. The summed E-state index contributed by atoms with van der Waals surface area (Å²) >= 11 is 0. The second-order valence-corrected chi connectivity index (χ2v) is 8.10. The van der Waals surface area contributed by atoms with Crippen LogP contribution in [-0.2, 0) is 22.7 Å². The van der Waals surface area contributed by atoms with E-state index in [1.165, 1.54) is 0 Å². The molecule has 0 amide bonds. The molecule has 0 spiro atoms. The maximum Gasteiger partial charge on any atom is 0.416 e. The number of nitrogens with zero attached hydrogens (tertiary/aromatic N) is 3. The molecule has 0 saturated carbocycles. The molecule has 1 aromatic heterocycles. The van der Waals surface area contributed by atoms with Gasteiger partial charge in [0.1, 0.15) is 11.6 Å². The van der Waals surface area contributed by atoms with Crippen LogP contribution in [0, 0.1) is 6.92 Å². The summed E-state index contributed by atoms with van der Waals surface area (Å²) in [6, 6.07) is 5.44. The number of halogens is 3. The van der Waals surface area contributed by atoms with Crippen molar-refractivity contribution in [1.29, 1.82) is 0 Å². The van der Waals surface area contributed by atoms with Crippen LogP contribution in [0.15, 0.2) is 35.2 Å². The molecule has 1 N–H and O–H groups in total. The summed E-state index contributed by atoms with van der Waals surface area (Å²) in [6.07, 6.45) is -2.48. The second kappa shape index (κ2) is 7.43. The lowest BCUT2D eigenvalue weighted by Gasteiger charge is -2.17. The van der Waals surface area contributed by atoms with Gasteiger partial charge in [-0.2, -0.15) is 13.2 Å². The smallest absolute Gasteiger partial charge is 0.357 e. The molecule has 3 rings (SSSR count). The summed E-state index contributed by atoms with van der Waals surface area (Å²) < 4.78 is 65.4. The molecule has 1 fully saturated rings. The predicted molar refractivity (Wildman–Crippen MR) is 93.7 cm³/mol. The van der Waals surface area contributed by atoms with Crippen LogP contribution in [0.2, 0.25) is 0 Å². The van der Waals surface area contributed by atoms with Crippen molar-refractivity contribution in [2.24, 2.45) is 0 Å². The quantitative estimate of drug-likeness (QED) is 0.835. The number of aromatic nitrogens is 2. The highest BCUT2D eigenvalue weighted by molar-refractivity contribution is 7.89. The van der Waals surface area contributed by atoms with Crippen LogP contribution in [0.25, 0.3) is 0 Å². The molecule has 146 valence electrons. The Bertz CT molecular complexity index is 926. The molecule has 6 nitrogen and oxygen atoms in total. The average Bonchev–Trinajstić information content (AvgIpc) is 3.14. The van der Waals surface area contributed by atoms with E-state index in [4.69, 9.17) is 0 Å². The first kappa shape index (κ1) is 19.6. The van der Waals surface area contributed by atoms with E-state index in [0.29, 0.717) is 11.8 Å². The number of hydrogen-bond acceptors (Lipinski definition) is 5. The van der Waals surface area contributed by atoms with Crippen molar-refractivity contribution in [3.63, 3.8) is 0 Å². The van der Waals surface area contributed by atoms with E-state index in [-0.39, 0.29) is 12.4 Å². The molecular formula is C17H19F3N4O2S. The maximum atomic E-state index is 12.8. The number of aryl methyl sites for hydroxylation is 1. The monoisotopic (exact) mass is 400 g/mol. The summed E-state index contributed by atoms with van der Waals surface area (Å²) in [5.41, 5.74) is -0.325. The van der Waals surface area contributed by atoms with Crippen LogP contribution in [0.1, 0.15) is 29.9 Å². The third-order valence-corrected chi connectivity index (χ3v) is 5.61. The van der Waals surface area contributed by atoms with Gasteiger partial charge in [-0.15, -0.1) is 0 Å².